The second-order valence-corrected chi connectivity index (χ2v) is 4.31. The number of hydrogen-bond donors (Lipinski definition) is 0. The van der Waals surface area contributed by atoms with E-state index in [2.05, 4.69) is 0 Å². The van der Waals surface area contributed by atoms with Gasteiger partial charge in [0.1, 0.15) is 4.70 Å². The number of aromatic nitrogens is 1. The third kappa shape index (κ3) is 1.18. The first kappa shape index (κ1) is 9.23. The Morgan fingerprint density at radius 1 is 1.25 bits per heavy atom. The summed E-state index contributed by atoms with van der Waals surface area (Å²) in [6, 6.07) is 7.61. The molecule has 3 rings (SSSR count). The number of pyridine rings is 2. The monoisotopic (exact) mass is 231 g/mol. The molecule has 0 saturated carbocycles. The van der Waals surface area contributed by atoms with Crippen LogP contribution in [0.1, 0.15) is 0 Å². The molecule has 3 aromatic heterocycles. The van der Waals surface area contributed by atoms with Gasteiger partial charge in [0.2, 0.25) is 5.52 Å². The van der Waals surface area contributed by atoms with Gasteiger partial charge < -0.3 is 0 Å². The van der Waals surface area contributed by atoms with Crippen LogP contribution in [0.25, 0.3) is 15.6 Å². The van der Waals surface area contributed by atoms with E-state index in [0.29, 0.717) is 5.39 Å². The van der Waals surface area contributed by atoms with Gasteiger partial charge >= 0.3 is 0 Å². The minimum Gasteiger partial charge on any atom is -0.258 e. The Labute approximate surface area is 94.5 Å². The van der Waals surface area contributed by atoms with Crippen molar-refractivity contribution in [1.82, 2.24) is 0 Å². The number of rotatable bonds is 1. The summed E-state index contributed by atoms with van der Waals surface area (Å²) in [7, 11) is 0. The van der Waals surface area contributed by atoms with Gasteiger partial charge in [-0.2, -0.15) is 4.40 Å². The van der Waals surface area contributed by atoms with E-state index in [1.54, 1.807) is 11.4 Å². The average molecular weight is 231 g/mol. The summed E-state index contributed by atoms with van der Waals surface area (Å²) < 4.78 is 2.91. The van der Waals surface area contributed by atoms with Gasteiger partial charge in [-0.25, -0.2) is 0 Å². The van der Waals surface area contributed by atoms with E-state index in [1.165, 1.54) is 11.3 Å². The fourth-order valence-corrected chi connectivity index (χ4v) is 2.83. The van der Waals surface area contributed by atoms with E-state index in [4.69, 9.17) is 0 Å². The van der Waals surface area contributed by atoms with Crippen molar-refractivity contribution < 1.29 is 9.32 Å². The number of nitro groups is 1. The molecular weight excluding hydrogens is 224 g/mol. The molecule has 0 fully saturated rings. The zero-order valence-corrected chi connectivity index (χ0v) is 8.98. The fourth-order valence-electron chi connectivity index (χ4n) is 1.79. The maximum atomic E-state index is 10.8. The Morgan fingerprint density at radius 2 is 2.12 bits per heavy atom. The van der Waals surface area contributed by atoms with E-state index in [0.717, 1.165) is 10.2 Å². The zero-order valence-electron chi connectivity index (χ0n) is 8.16. The third-order valence-electron chi connectivity index (χ3n) is 2.53. The van der Waals surface area contributed by atoms with E-state index < -0.39 is 0 Å². The zero-order chi connectivity index (χ0) is 11.1. The van der Waals surface area contributed by atoms with Gasteiger partial charge in [-0.05, 0) is 6.07 Å². The number of thiophene rings is 1. The van der Waals surface area contributed by atoms with Crippen molar-refractivity contribution >= 4 is 32.6 Å². The van der Waals surface area contributed by atoms with Gasteiger partial charge in [0, 0.05) is 18.2 Å². The largest absolute Gasteiger partial charge is 0.288 e. The van der Waals surface area contributed by atoms with E-state index >= 15 is 0 Å². The molecule has 0 aliphatic rings. The van der Waals surface area contributed by atoms with E-state index in [1.807, 2.05) is 35.0 Å². The molecule has 0 saturated heterocycles. The molecule has 5 heteroatoms. The van der Waals surface area contributed by atoms with Crippen LogP contribution in [0.5, 0.6) is 0 Å². The standard InChI is InChI=1S/C11H7N2O2S/c14-13(15)10-7-16-11-8(10)4-6-12-5-2-1-3-9(11)12/h1-7H/q+1. The lowest BCUT2D eigenvalue weighted by Gasteiger charge is -1.91. The Bertz CT molecular complexity index is 705. The van der Waals surface area contributed by atoms with Crippen LogP contribution >= 0.6 is 11.3 Å². The molecule has 0 aliphatic carbocycles. The summed E-state index contributed by atoms with van der Waals surface area (Å²) in [5.74, 6) is 0. The Kier molecular flexibility index (Phi) is 1.87. The van der Waals surface area contributed by atoms with Crippen molar-refractivity contribution in [1.29, 1.82) is 0 Å². The second kappa shape index (κ2) is 3.24. The van der Waals surface area contributed by atoms with E-state index in [-0.39, 0.29) is 10.6 Å². The molecule has 4 nitrogen and oxygen atoms in total. The van der Waals surface area contributed by atoms with Gasteiger partial charge in [0.05, 0.1) is 15.7 Å². The van der Waals surface area contributed by atoms with Crippen LogP contribution < -0.4 is 4.40 Å². The molecule has 0 atom stereocenters. The van der Waals surface area contributed by atoms with Gasteiger partial charge in [-0.1, -0.05) is 0 Å². The molecule has 0 bridgehead atoms. The Hall–Kier alpha value is -2.01. The predicted octanol–water partition coefficient (Wildman–Crippen LogP) is 2.55. The van der Waals surface area contributed by atoms with Gasteiger partial charge in [-0.3, -0.25) is 10.1 Å². The summed E-state index contributed by atoms with van der Waals surface area (Å²) >= 11 is 1.41. The van der Waals surface area contributed by atoms with Gasteiger partial charge in [0.15, 0.2) is 12.4 Å². The molecule has 0 aromatic carbocycles. The second-order valence-electron chi connectivity index (χ2n) is 3.43. The highest BCUT2D eigenvalue weighted by Crippen LogP contribution is 2.32. The number of fused-ring (bicyclic) bond motifs is 3. The summed E-state index contributed by atoms with van der Waals surface area (Å²) in [4.78, 5) is 10.5. The highest BCUT2D eigenvalue weighted by Gasteiger charge is 2.18. The maximum Gasteiger partial charge on any atom is 0.288 e. The molecule has 0 N–H and O–H groups in total. The topological polar surface area (TPSA) is 47.2 Å². The van der Waals surface area contributed by atoms with Crippen LogP contribution in [-0.2, 0) is 0 Å². The first-order valence-corrected chi connectivity index (χ1v) is 5.60. The van der Waals surface area contributed by atoms with Crippen molar-refractivity contribution in [3.05, 3.63) is 52.2 Å². The molecular formula is C11H7N2O2S+. The van der Waals surface area contributed by atoms with Crippen molar-refractivity contribution in [2.24, 2.45) is 0 Å². The maximum absolute atomic E-state index is 10.8. The normalized spacial score (nSPS) is 11.0. The van der Waals surface area contributed by atoms with Crippen LogP contribution in [0.4, 0.5) is 5.69 Å². The lowest BCUT2D eigenvalue weighted by Crippen LogP contribution is -2.19. The SMILES string of the molecule is O=[N+]([O-])c1csc2c1cc[n+]1ccccc21. The van der Waals surface area contributed by atoms with Crippen LogP contribution in [0, 0.1) is 10.1 Å². The lowest BCUT2D eigenvalue weighted by molar-refractivity contribution is -0.510. The number of nitrogens with zero attached hydrogens (tertiary/aromatic N) is 2. The van der Waals surface area contributed by atoms with Crippen LogP contribution in [-0.4, -0.2) is 4.92 Å². The highest BCUT2D eigenvalue weighted by atomic mass is 32.1. The van der Waals surface area contributed by atoms with Crippen molar-refractivity contribution in [2.45, 2.75) is 0 Å². The minimum absolute atomic E-state index is 0.186. The van der Waals surface area contributed by atoms with Crippen molar-refractivity contribution in [2.75, 3.05) is 0 Å². The first-order valence-electron chi connectivity index (χ1n) is 4.72. The molecule has 78 valence electrons. The molecule has 3 heterocycles. The summed E-state index contributed by atoms with van der Waals surface area (Å²) in [5, 5.41) is 13.1. The first-order chi connectivity index (χ1) is 7.77. The number of hydrogen-bond acceptors (Lipinski definition) is 3. The molecule has 0 amide bonds. The smallest absolute Gasteiger partial charge is 0.258 e. The Balaban J connectivity index is 2.49. The summed E-state index contributed by atoms with van der Waals surface area (Å²) in [6.07, 6.45) is 3.78. The van der Waals surface area contributed by atoms with Crippen molar-refractivity contribution in [3.8, 4) is 0 Å². The molecule has 0 spiro atoms. The van der Waals surface area contributed by atoms with Crippen LogP contribution in [0.3, 0.4) is 0 Å². The summed E-state index contributed by atoms with van der Waals surface area (Å²) in [5.41, 5.74) is 1.18. The molecule has 0 aliphatic heterocycles. The van der Waals surface area contributed by atoms with Gasteiger partial charge in [0.25, 0.3) is 5.69 Å². The van der Waals surface area contributed by atoms with Crippen LogP contribution in [0.15, 0.2) is 42.0 Å². The average Bonchev–Trinajstić information content (AvgIpc) is 2.73. The van der Waals surface area contributed by atoms with Gasteiger partial charge in [-0.15, -0.1) is 11.3 Å². The summed E-state index contributed by atoms with van der Waals surface area (Å²) in [6.45, 7) is 0. The van der Waals surface area contributed by atoms with Crippen molar-refractivity contribution in [3.63, 3.8) is 0 Å². The molecule has 0 radical (unpaired) electrons. The quantitative estimate of drug-likeness (QED) is 0.367. The molecule has 16 heavy (non-hydrogen) atoms. The molecule has 0 unspecified atom stereocenters. The fraction of sp³-hybridized carbons (Fsp3) is 0. The minimum atomic E-state index is -0.335. The molecule has 3 aromatic rings. The predicted molar refractivity (Wildman–Crippen MR) is 61.6 cm³/mol. The van der Waals surface area contributed by atoms with E-state index in [9.17, 15) is 10.1 Å². The Morgan fingerprint density at radius 3 is 2.94 bits per heavy atom. The third-order valence-corrected chi connectivity index (χ3v) is 3.54. The highest BCUT2D eigenvalue weighted by molar-refractivity contribution is 7.18. The van der Waals surface area contributed by atoms with Crippen LogP contribution in [0.2, 0.25) is 0 Å². The lowest BCUT2D eigenvalue weighted by atomic mass is 10.2.